The van der Waals surface area contributed by atoms with Crippen molar-refractivity contribution in [1.29, 1.82) is 0 Å². The van der Waals surface area contributed by atoms with E-state index < -0.39 is 21.7 Å². The second-order valence-electron chi connectivity index (χ2n) is 13.6. The maximum atomic E-state index is 13.9. The van der Waals surface area contributed by atoms with E-state index in [0.29, 0.717) is 46.9 Å². The first-order valence-electron chi connectivity index (χ1n) is 17.1. The Morgan fingerprint density at radius 3 is 2.18 bits per heavy atom. The van der Waals surface area contributed by atoms with E-state index in [-0.39, 0.29) is 22.9 Å². The van der Waals surface area contributed by atoms with Crippen molar-refractivity contribution < 1.29 is 22.7 Å². The van der Waals surface area contributed by atoms with Crippen LogP contribution in [0.1, 0.15) is 75.5 Å². The Labute approximate surface area is 299 Å². The number of aryl methyl sites for hydroxylation is 1. The van der Waals surface area contributed by atoms with Crippen LogP contribution in [0.25, 0.3) is 22.2 Å². The van der Waals surface area contributed by atoms with Crippen molar-refractivity contribution in [3.8, 4) is 11.3 Å². The van der Waals surface area contributed by atoms with Crippen molar-refractivity contribution in [2.24, 2.45) is 0 Å². The molecular weight excluding hydrogens is 665 g/mol. The Balaban J connectivity index is 1.33. The predicted molar refractivity (Wildman–Crippen MR) is 202 cm³/mol. The molecule has 5 aromatic rings. The number of hydrogen-bond acceptors (Lipinski definition) is 8. The SMILES string of the molecule is CC[C@@H](C[C@@H](CC)Nc1ncc(C)c(-c2c(C)n(S(=O)(=O)c3ccccc3)c3ccccc23)n1)NC(=O)c1ccc(NC(=O)OC(C)(C)C)cc1. The van der Waals surface area contributed by atoms with Crippen molar-refractivity contribution in [2.75, 3.05) is 10.6 Å². The zero-order chi connectivity index (χ0) is 36.9. The highest BCUT2D eigenvalue weighted by Crippen LogP contribution is 2.37. The second-order valence-corrected chi connectivity index (χ2v) is 15.3. The van der Waals surface area contributed by atoms with E-state index >= 15 is 0 Å². The summed E-state index contributed by atoms with van der Waals surface area (Å²) in [6, 6.07) is 22.3. The number of carbonyl (C=O) groups is 2. The van der Waals surface area contributed by atoms with Crippen molar-refractivity contribution in [2.45, 2.75) is 90.3 Å². The van der Waals surface area contributed by atoms with Crippen LogP contribution in [0.2, 0.25) is 0 Å². The summed E-state index contributed by atoms with van der Waals surface area (Å²) in [5.41, 5.74) is 3.69. The van der Waals surface area contributed by atoms with E-state index in [1.54, 1.807) is 88.5 Å². The summed E-state index contributed by atoms with van der Waals surface area (Å²) >= 11 is 0. The van der Waals surface area contributed by atoms with Gasteiger partial charge >= 0.3 is 6.09 Å². The highest BCUT2D eigenvalue weighted by Gasteiger charge is 2.27. The van der Waals surface area contributed by atoms with Gasteiger partial charge in [-0.05, 0) is 102 Å². The number of benzene rings is 3. The number of aromatic nitrogens is 3. The Morgan fingerprint density at radius 1 is 0.882 bits per heavy atom. The lowest BCUT2D eigenvalue weighted by Crippen LogP contribution is -2.38. The van der Waals surface area contributed by atoms with Crippen LogP contribution in [0.4, 0.5) is 16.4 Å². The third kappa shape index (κ3) is 8.57. The molecule has 3 aromatic carbocycles. The van der Waals surface area contributed by atoms with Crippen LogP contribution in [0.15, 0.2) is 90.0 Å². The first-order valence-corrected chi connectivity index (χ1v) is 18.6. The fourth-order valence-corrected chi connectivity index (χ4v) is 7.57. The van der Waals surface area contributed by atoms with Crippen molar-refractivity contribution >= 4 is 44.6 Å². The quantitative estimate of drug-likeness (QED) is 0.118. The number of rotatable bonds is 12. The minimum atomic E-state index is -3.89. The molecule has 3 N–H and O–H groups in total. The van der Waals surface area contributed by atoms with Gasteiger partial charge in [0.15, 0.2) is 0 Å². The Bertz CT molecular complexity index is 2120. The van der Waals surface area contributed by atoms with Gasteiger partial charge in [0.25, 0.3) is 15.9 Å². The largest absolute Gasteiger partial charge is 0.444 e. The molecule has 0 bridgehead atoms. The van der Waals surface area contributed by atoms with Crippen LogP contribution in [-0.4, -0.2) is 52.0 Å². The van der Waals surface area contributed by atoms with E-state index in [2.05, 4.69) is 27.9 Å². The molecule has 0 aliphatic rings. The minimum absolute atomic E-state index is 0.0629. The average molecular weight is 711 g/mol. The highest BCUT2D eigenvalue weighted by atomic mass is 32.2. The molecule has 2 heterocycles. The highest BCUT2D eigenvalue weighted by molar-refractivity contribution is 7.90. The molecule has 0 saturated heterocycles. The van der Waals surface area contributed by atoms with E-state index in [0.717, 1.165) is 22.9 Å². The fourth-order valence-electron chi connectivity index (χ4n) is 5.99. The van der Waals surface area contributed by atoms with Crippen molar-refractivity contribution in [3.63, 3.8) is 0 Å². The lowest BCUT2D eigenvalue weighted by atomic mass is 10.0. The number of carbonyl (C=O) groups excluding carboxylic acids is 2. The fraction of sp³-hybridized carbons (Fsp3) is 0.333. The molecule has 51 heavy (non-hydrogen) atoms. The monoisotopic (exact) mass is 710 g/mol. The molecule has 2 atom stereocenters. The van der Waals surface area contributed by atoms with E-state index in [1.165, 1.54) is 3.97 Å². The number of nitrogens with zero attached hydrogens (tertiary/aromatic N) is 3. The molecular formula is C39H46N6O5S. The van der Waals surface area contributed by atoms with Gasteiger partial charge in [-0.2, -0.15) is 0 Å². The molecule has 0 fully saturated rings. The van der Waals surface area contributed by atoms with Gasteiger partial charge < -0.3 is 15.4 Å². The van der Waals surface area contributed by atoms with Gasteiger partial charge in [0, 0.05) is 46.2 Å². The van der Waals surface area contributed by atoms with E-state index in [9.17, 15) is 18.0 Å². The first kappa shape index (κ1) is 37.0. The van der Waals surface area contributed by atoms with Crippen LogP contribution in [0, 0.1) is 13.8 Å². The molecule has 0 saturated carbocycles. The Morgan fingerprint density at radius 2 is 1.53 bits per heavy atom. The lowest BCUT2D eigenvalue weighted by Gasteiger charge is -2.24. The summed E-state index contributed by atoms with van der Waals surface area (Å²) in [5.74, 6) is 0.200. The Hall–Kier alpha value is -5.23. The number of amides is 2. The van der Waals surface area contributed by atoms with Gasteiger partial charge in [-0.25, -0.2) is 27.2 Å². The summed E-state index contributed by atoms with van der Waals surface area (Å²) in [6.45, 7) is 13.2. The van der Waals surface area contributed by atoms with Gasteiger partial charge in [-0.1, -0.05) is 50.2 Å². The molecule has 0 aliphatic carbocycles. The van der Waals surface area contributed by atoms with Gasteiger partial charge in [-0.15, -0.1) is 0 Å². The first-order chi connectivity index (χ1) is 24.2. The summed E-state index contributed by atoms with van der Waals surface area (Å²) < 4.78 is 34.5. The number of para-hydroxylation sites is 1. The number of nitrogens with one attached hydrogen (secondary N) is 3. The van der Waals surface area contributed by atoms with E-state index in [1.807, 2.05) is 38.1 Å². The van der Waals surface area contributed by atoms with Crippen LogP contribution >= 0.6 is 0 Å². The zero-order valence-electron chi connectivity index (χ0n) is 30.2. The normalized spacial score (nSPS) is 13.0. The standard InChI is InChI=1S/C39H46N6O5S/c1-8-28(41-36(46)27-19-21-30(22-20-27)43-38(47)50-39(5,6)7)23-29(9-2)42-37-40-24-25(3)35(44-37)34-26(4)45(33-18-14-13-17-32(33)34)51(48,49)31-15-11-10-12-16-31/h10-22,24,28-29H,8-9,23H2,1-7H3,(H,41,46)(H,43,47)(H,40,42,44)/t28-,29+/m0/s1. The molecule has 0 spiro atoms. The Kier molecular flexibility index (Phi) is 11.1. The second kappa shape index (κ2) is 15.3. The minimum Gasteiger partial charge on any atom is -0.444 e. The molecule has 268 valence electrons. The molecule has 11 nitrogen and oxygen atoms in total. The predicted octanol–water partition coefficient (Wildman–Crippen LogP) is 8.09. The molecule has 5 rings (SSSR count). The number of anilines is 2. The average Bonchev–Trinajstić information content (AvgIpc) is 3.40. The van der Waals surface area contributed by atoms with Crippen LogP contribution < -0.4 is 16.0 Å². The maximum Gasteiger partial charge on any atom is 0.412 e. The number of fused-ring (bicyclic) bond motifs is 1. The third-order valence-corrected chi connectivity index (χ3v) is 10.4. The van der Waals surface area contributed by atoms with Crippen LogP contribution in [-0.2, 0) is 14.8 Å². The van der Waals surface area contributed by atoms with Crippen molar-refractivity contribution in [1.82, 2.24) is 19.3 Å². The molecule has 0 aliphatic heterocycles. The van der Waals surface area contributed by atoms with Crippen LogP contribution in [0.5, 0.6) is 0 Å². The summed E-state index contributed by atoms with van der Waals surface area (Å²) in [5, 5.41) is 10.1. The summed E-state index contributed by atoms with van der Waals surface area (Å²) in [4.78, 5) is 35.0. The van der Waals surface area contributed by atoms with Gasteiger partial charge in [0.1, 0.15) is 5.60 Å². The summed E-state index contributed by atoms with van der Waals surface area (Å²) in [6.07, 6.45) is 3.26. The van der Waals surface area contributed by atoms with Crippen molar-refractivity contribution in [3.05, 3.63) is 102 Å². The smallest absolute Gasteiger partial charge is 0.412 e. The van der Waals surface area contributed by atoms with Gasteiger partial charge in [0.2, 0.25) is 5.95 Å². The van der Waals surface area contributed by atoms with Crippen LogP contribution in [0.3, 0.4) is 0 Å². The maximum absolute atomic E-state index is 13.9. The van der Waals surface area contributed by atoms with E-state index in [4.69, 9.17) is 9.72 Å². The topological polar surface area (TPSA) is 144 Å². The molecule has 0 unspecified atom stereocenters. The molecule has 12 heteroatoms. The third-order valence-electron chi connectivity index (χ3n) is 8.56. The van der Waals surface area contributed by atoms with Gasteiger partial charge in [0.05, 0.1) is 16.1 Å². The summed E-state index contributed by atoms with van der Waals surface area (Å²) in [7, 11) is -3.89. The van der Waals surface area contributed by atoms with Gasteiger partial charge in [-0.3, -0.25) is 10.1 Å². The zero-order valence-corrected chi connectivity index (χ0v) is 31.0. The molecule has 0 radical (unpaired) electrons. The lowest BCUT2D eigenvalue weighted by molar-refractivity contribution is 0.0635. The molecule has 2 aromatic heterocycles. The number of hydrogen-bond donors (Lipinski definition) is 3. The molecule has 2 amide bonds. The number of ether oxygens (including phenoxy) is 1.